The summed E-state index contributed by atoms with van der Waals surface area (Å²) in [5.41, 5.74) is 23.3. The van der Waals surface area contributed by atoms with Crippen molar-refractivity contribution in [2.45, 2.75) is 574 Å². The van der Waals surface area contributed by atoms with Gasteiger partial charge in [-0.15, -0.1) is 0 Å². The monoisotopic (exact) mass is 1950 g/mol. The van der Waals surface area contributed by atoms with E-state index in [4.69, 9.17) is 4.11 Å². The van der Waals surface area contributed by atoms with Crippen molar-refractivity contribution in [1.82, 2.24) is 0 Å². The van der Waals surface area contributed by atoms with Crippen LogP contribution in [-0.2, 0) is 62.6 Å². The van der Waals surface area contributed by atoms with Crippen LogP contribution >= 0.6 is 0 Å². The molecule has 0 amide bonds. The lowest BCUT2D eigenvalue weighted by molar-refractivity contribution is -0.211. The highest BCUT2D eigenvalue weighted by Crippen LogP contribution is 2.48. The van der Waals surface area contributed by atoms with Crippen molar-refractivity contribution in [2.24, 2.45) is 16.7 Å². The molecule has 141 heavy (non-hydrogen) atoms. The van der Waals surface area contributed by atoms with Crippen molar-refractivity contribution in [3.63, 3.8) is 0 Å². The summed E-state index contributed by atoms with van der Waals surface area (Å²) in [5.74, 6) is -0.247. The van der Waals surface area contributed by atoms with Crippen LogP contribution in [0, 0.1) is 16.7 Å². The van der Waals surface area contributed by atoms with Gasteiger partial charge in [-0.05, 0) is 292 Å². The molecule has 0 aliphatic heterocycles. The Morgan fingerprint density at radius 1 is 0.270 bits per heavy atom. The van der Waals surface area contributed by atoms with E-state index in [2.05, 4.69) is 393 Å². The molecule has 0 bridgehead atoms. The van der Waals surface area contributed by atoms with Gasteiger partial charge >= 0.3 is 6.18 Å². The predicted molar refractivity (Wildman–Crippen MR) is 642 cm³/mol. The molecule has 3 aliphatic rings. The summed E-state index contributed by atoms with van der Waals surface area (Å²) in [5, 5.41) is 0. The number of halogens is 3. The Labute approximate surface area is 887 Å². The summed E-state index contributed by atoms with van der Waals surface area (Å²) >= 11 is 0. The summed E-state index contributed by atoms with van der Waals surface area (Å²) in [6, 6.07) is 64.1. The second-order valence-electron chi connectivity index (χ2n) is 49.8. The molecule has 8 aromatic carbocycles. The van der Waals surface area contributed by atoms with E-state index in [1.54, 1.807) is 17.7 Å². The van der Waals surface area contributed by atoms with Gasteiger partial charge in [-0.25, -0.2) is 0 Å². The lowest BCUT2D eigenvalue weighted by Crippen LogP contribution is -2.34. The molecule has 3 aliphatic carbocycles. The zero-order valence-corrected chi connectivity index (χ0v) is 93.2. The SMILES string of the molecule is C.C.C.C.C.C.C.C.CC(C)(C)Cc1ccccc1C(C)(C)C.CC(C)(C)c1ccccc1CC(C)(C)C(F)(F)F.CC(C)Cc1ccccc1C(C)(C)C.CC(C)c1ccccc1C(C)(C)C.CCC(CC)c1ccccc1C(C)(C)C.[2H]C(CC)(CC)c1cccc(C([2H])(CC)CC)c1C(C)(C)C.[2H]C1(c2cccc(C3([2H])CCCCC3)c2C(C)(C)C)CCCCC1.[2H]C1(c2ccccc2C(C)(C)C)CCCCC1. The molecule has 0 aromatic heterocycles. The van der Waals surface area contributed by atoms with Crippen molar-refractivity contribution in [2.75, 3.05) is 0 Å². The van der Waals surface area contributed by atoms with E-state index in [0.29, 0.717) is 11.3 Å². The van der Waals surface area contributed by atoms with E-state index in [1.807, 2.05) is 32.9 Å². The van der Waals surface area contributed by atoms with Crippen molar-refractivity contribution in [3.05, 3.63) is 282 Å². The lowest BCUT2D eigenvalue weighted by Gasteiger charge is -2.35. The molecule has 0 nitrogen and oxygen atoms in total. The van der Waals surface area contributed by atoms with E-state index in [-0.39, 0.29) is 115 Å². The first kappa shape index (κ1) is 133. The molecular weight excluding hydrogens is 1710 g/mol. The molecular formula is C138H235F3. The minimum Gasteiger partial charge on any atom is -0.171 e. The molecule has 0 spiro atoms. The molecule has 808 valence electrons. The van der Waals surface area contributed by atoms with Gasteiger partial charge in [-0.1, -0.05) is 569 Å². The maximum atomic E-state index is 12.9. The number of hydrogen-bond acceptors (Lipinski definition) is 0. The highest BCUT2D eigenvalue weighted by molar-refractivity contribution is 5.47. The van der Waals surface area contributed by atoms with Crippen LogP contribution in [0.3, 0.4) is 0 Å². The van der Waals surface area contributed by atoms with Gasteiger partial charge in [0.2, 0.25) is 0 Å². The summed E-state index contributed by atoms with van der Waals surface area (Å²) in [6.45, 7) is 85.1. The van der Waals surface area contributed by atoms with Crippen molar-refractivity contribution in [1.29, 1.82) is 0 Å². The summed E-state index contributed by atoms with van der Waals surface area (Å²) in [4.78, 5) is 0. The highest BCUT2D eigenvalue weighted by Gasteiger charge is 2.48. The normalized spacial score (nSPS) is 15.4. The predicted octanol–water partition coefficient (Wildman–Crippen LogP) is 46.9. The Morgan fingerprint density at radius 3 is 0.816 bits per heavy atom. The first-order valence-electron chi connectivity index (χ1n) is 55.2. The van der Waals surface area contributed by atoms with Gasteiger partial charge in [-0.2, -0.15) is 13.2 Å². The average molecular weight is 1960 g/mol. The van der Waals surface area contributed by atoms with Gasteiger partial charge in [0.05, 0.1) is 5.41 Å². The fourth-order valence-electron chi connectivity index (χ4n) is 20.1. The van der Waals surface area contributed by atoms with Crippen LogP contribution in [0.15, 0.2) is 182 Å². The molecule has 3 heteroatoms. The Bertz CT molecular complexity index is 4810. The third-order valence-corrected chi connectivity index (χ3v) is 27.2. The molecule has 0 heterocycles. The third-order valence-electron chi connectivity index (χ3n) is 27.2. The molecule has 0 saturated heterocycles. The molecule has 3 saturated carbocycles. The molecule has 11 rings (SSSR count). The van der Waals surface area contributed by atoms with Crippen LogP contribution in [0.4, 0.5) is 13.2 Å². The van der Waals surface area contributed by atoms with Crippen molar-refractivity contribution in [3.8, 4) is 0 Å². The third kappa shape index (κ3) is 46.7. The lowest BCUT2D eigenvalue weighted by atomic mass is 9.70. The maximum absolute atomic E-state index is 12.9. The second kappa shape index (κ2) is 63.9. The van der Waals surface area contributed by atoms with Crippen molar-refractivity contribution < 1.29 is 20.0 Å². The number of hydrogen-bond donors (Lipinski definition) is 0. The molecule has 0 unspecified atom stereocenters. The average Bonchev–Trinajstić information content (AvgIpc) is 0.747. The fraction of sp³-hybridized carbons (Fsp3) is 0.652. The van der Waals surface area contributed by atoms with E-state index in [0.717, 1.165) is 105 Å². The minimum atomic E-state index is -4.18. The van der Waals surface area contributed by atoms with E-state index < -0.39 is 35.2 Å². The van der Waals surface area contributed by atoms with Crippen LogP contribution < -0.4 is 0 Å². The Hall–Kier alpha value is -6.45. The largest absolute Gasteiger partial charge is 0.394 e. The van der Waals surface area contributed by atoms with E-state index >= 15 is 0 Å². The molecule has 0 radical (unpaired) electrons. The Balaban J connectivity index is -0.000000519. The Kier molecular flexibility index (Phi) is 60.1. The maximum Gasteiger partial charge on any atom is 0.394 e. The quantitative estimate of drug-likeness (QED) is 0.0803. The van der Waals surface area contributed by atoms with Gasteiger partial charge in [0, 0.05) is 6.85 Å². The molecule has 3 fully saturated rings. The smallest absolute Gasteiger partial charge is 0.171 e. The van der Waals surface area contributed by atoms with Crippen LogP contribution in [0.2, 0.25) is 0 Å². The Morgan fingerprint density at radius 2 is 0.525 bits per heavy atom. The molecule has 8 aromatic rings. The molecule has 0 N–H and O–H groups in total. The first-order chi connectivity index (χ1) is 63.3. The van der Waals surface area contributed by atoms with Crippen LogP contribution in [0.1, 0.15) is 613 Å². The van der Waals surface area contributed by atoms with Crippen molar-refractivity contribution >= 4 is 0 Å². The summed E-state index contributed by atoms with van der Waals surface area (Å²) < 4.78 is 83.9. The first-order valence-corrected chi connectivity index (χ1v) is 52.7. The zero-order chi connectivity index (χ0) is 105. The van der Waals surface area contributed by atoms with Gasteiger partial charge in [-0.3, -0.25) is 0 Å². The summed E-state index contributed by atoms with van der Waals surface area (Å²) in [6.07, 6.45) is 20.8. The fourth-order valence-corrected chi connectivity index (χ4v) is 20.1. The minimum absolute atomic E-state index is 0. The standard InChI is InChI=1S/C22H34.C20H34.C16H24.C15H21F3.2C15H24.C14H22.C13H20.8CH4/c1-22(2,3)21-19(17-11-6-4-7-12-17)15-10-16-20(21)18-13-8-5-9-14-18;1-8-15(9-2)17-13-12-14-18(16(10-3)11-4)19(17)20(5,6)7;1-16(2,3)15-12-8-7-11-14(15)13-9-5-4-6-10-13;1-13(2,3)12-9-7-6-8-11(12)10-14(4,5)15(16,17)18;1-14(2,3)11-12-9-7-8-10-13(12)15(4,5)6;1-6-12(7-2)13-10-8-9-11-14(13)15(3,4)5;1-11(2)10-12-8-6-7-9-13(12)14(3,4)5;1-10(2)11-8-6-7-9-12(11)13(3,4)5;;;;;;;;/h10,15-18H,4-9,11-14H2,1-3H3;12-16H,8-11H2,1-7H3;7-8,11-13H,4-6,9-10H2,1-3H3;6-9H,10H2,1-5H3;7-10H,11H2,1-6H3;8-12H,6-7H2,1-5H3;6-9,11H,10H2,1-5H3;6-10H,1-5H3;8*1H4/i17D,18D;15D,16D;13D;;;;;;;;;;;;;. The highest BCUT2D eigenvalue weighted by atomic mass is 19.4. The topological polar surface area (TPSA) is 0 Å². The number of benzene rings is 8. The second-order valence-corrected chi connectivity index (χ2v) is 49.8. The van der Waals surface area contributed by atoms with Gasteiger partial charge in [0.25, 0.3) is 0 Å². The number of alkyl halides is 3. The molecule has 0 atom stereocenters. The van der Waals surface area contributed by atoms with Gasteiger partial charge in [0.15, 0.2) is 0 Å². The van der Waals surface area contributed by atoms with Crippen LogP contribution in [-0.4, -0.2) is 6.18 Å². The van der Waals surface area contributed by atoms with Gasteiger partial charge in [0.1, 0.15) is 0 Å². The van der Waals surface area contributed by atoms with E-state index in [9.17, 15) is 15.9 Å². The van der Waals surface area contributed by atoms with Gasteiger partial charge < -0.3 is 0 Å². The van der Waals surface area contributed by atoms with Crippen LogP contribution in [0.5, 0.6) is 0 Å². The van der Waals surface area contributed by atoms with Crippen LogP contribution in [0.25, 0.3) is 0 Å². The summed E-state index contributed by atoms with van der Waals surface area (Å²) in [7, 11) is 0. The van der Waals surface area contributed by atoms with E-state index in [1.165, 1.54) is 163 Å². The number of rotatable bonds is 18. The zero-order valence-electron chi connectivity index (χ0n) is 98.2.